The lowest BCUT2D eigenvalue weighted by atomic mass is 10.1. The van der Waals surface area contributed by atoms with E-state index in [0.717, 1.165) is 12.8 Å². The Balaban J connectivity index is 2.28. The van der Waals surface area contributed by atoms with Crippen molar-refractivity contribution in [3.8, 4) is 0 Å². The summed E-state index contributed by atoms with van der Waals surface area (Å²) in [5.74, 6) is 0.00386. The monoisotopic (exact) mass is 271 g/mol. The van der Waals surface area contributed by atoms with E-state index in [2.05, 4.69) is 0 Å². The van der Waals surface area contributed by atoms with Crippen LogP contribution in [0.2, 0.25) is 10.0 Å². The van der Waals surface area contributed by atoms with Gasteiger partial charge in [-0.3, -0.25) is 4.79 Å². The molecular formula is C13H15Cl2NO. The molecule has 0 aliphatic heterocycles. The van der Waals surface area contributed by atoms with Gasteiger partial charge in [-0.2, -0.15) is 0 Å². The Morgan fingerprint density at radius 2 is 2.00 bits per heavy atom. The molecule has 2 rings (SSSR count). The molecule has 1 aromatic rings. The molecule has 1 aliphatic rings. The number of carbonyl (C=O) groups is 1. The van der Waals surface area contributed by atoms with Gasteiger partial charge in [0, 0.05) is 17.1 Å². The third kappa shape index (κ3) is 2.75. The van der Waals surface area contributed by atoms with Crippen LogP contribution < -0.4 is 0 Å². The maximum atomic E-state index is 12.4. The number of halogens is 2. The summed E-state index contributed by atoms with van der Waals surface area (Å²) in [6.07, 6.45) is 2.18. The topological polar surface area (TPSA) is 20.3 Å². The number of nitrogens with zero attached hydrogens (tertiary/aromatic N) is 1. The first kappa shape index (κ1) is 12.7. The molecule has 0 atom stereocenters. The summed E-state index contributed by atoms with van der Waals surface area (Å²) >= 11 is 11.9. The molecule has 4 heteroatoms. The van der Waals surface area contributed by atoms with E-state index in [4.69, 9.17) is 23.2 Å². The summed E-state index contributed by atoms with van der Waals surface area (Å²) in [4.78, 5) is 14.3. The number of hydrogen-bond acceptors (Lipinski definition) is 1. The third-order valence-corrected chi connectivity index (χ3v) is 3.44. The molecule has 1 fully saturated rings. The van der Waals surface area contributed by atoms with Gasteiger partial charge in [0.25, 0.3) is 5.91 Å². The van der Waals surface area contributed by atoms with Gasteiger partial charge < -0.3 is 4.90 Å². The molecule has 0 N–H and O–H groups in total. The van der Waals surface area contributed by atoms with Crippen LogP contribution in [-0.2, 0) is 0 Å². The van der Waals surface area contributed by atoms with Gasteiger partial charge in [0.05, 0.1) is 10.6 Å². The lowest BCUT2D eigenvalue weighted by Crippen LogP contribution is -2.38. The zero-order valence-electron chi connectivity index (χ0n) is 9.91. The molecule has 1 saturated carbocycles. The number of amides is 1. The van der Waals surface area contributed by atoms with Crippen molar-refractivity contribution < 1.29 is 4.79 Å². The summed E-state index contributed by atoms with van der Waals surface area (Å²) in [5.41, 5.74) is 0.539. The van der Waals surface area contributed by atoms with E-state index in [9.17, 15) is 4.79 Å². The predicted molar refractivity (Wildman–Crippen MR) is 70.8 cm³/mol. The Hall–Kier alpha value is -0.730. The highest BCUT2D eigenvalue weighted by Crippen LogP contribution is 2.32. The highest BCUT2D eigenvalue weighted by atomic mass is 35.5. The molecule has 17 heavy (non-hydrogen) atoms. The van der Waals surface area contributed by atoms with Crippen LogP contribution >= 0.6 is 23.2 Å². The lowest BCUT2D eigenvalue weighted by Gasteiger charge is -2.27. The second-order valence-corrected chi connectivity index (χ2v) is 5.51. The van der Waals surface area contributed by atoms with Crippen LogP contribution in [0, 0.1) is 0 Å². The molecule has 1 aliphatic carbocycles. The van der Waals surface area contributed by atoms with Crippen molar-refractivity contribution in [3.05, 3.63) is 33.8 Å². The zero-order valence-corrected chi connectivity index (χ0v) is 11.4. The minimum Gasteiger partial charge on any atom is -0.333 e. The fourth-order valence-electron chi connectivity index (χ4n) is 1.98. The smallest absolute Gasteiger partial charge is 0.255 e. The highest BCUT2D eigenvalue weighted by Gasteiger charge is 2.35. The zero-order chi connectivity index (χ0) is 12.6. The number of carbonyl (C=O) groups excluding carboxylic acids is 1. The normalized spacial score (nSPS) is 15.1. The highest BCUT2D eigenvalue weighted by molar-refractivity contribution is 6.36. The Kier molecular flexibility index (Phi) is 3.64. The maximum absolute atomic E-state index is 12.4. The van der Waals surface area contributed by atoms with Gasteiger partial charge in [-0.05, 0) is 44.9 Å². The van der Waals surface area contributed by atoms with E-state index in [-0.39, 0.29) is 11.9 Å². The van der Waals surface area contributed by atoms with Gasteiger partial charge in [0.1, 0.15) is 0 Å². The maximum Gasteiger partial charge on any atom is 0.255 e. The van der Waals surface area contributed by atoms with Crippen LogP contribution in [0.25, 0.3) is 0 Å². The van der Waals surface area contributed by atoms with Crippen LogP contribution in [0.1, 0.15) is 37.0 Å². The third-order valence-electron chi connectivity index (χ3n) is 2.89. The van der Waals surface area contributed by atoms with Crippen LogP contribution in [0.3, 0.4) is 0 Å². The van der Waals surface area contributed by atoms with Crippen LogP contribution in [0.15, 0.2) is 18.2 Å². The molecule has 0 aromatic heterocycles. The first-order valence-electron chi connectivity index (χ1n) is 5.78. The summed E-state index contributed by atoms with van der Waals surface area (Å²) in [6, 6.07) is 5.59. The molecule has 2 nitrogen and oxygen atoms in total. The minimum absolute atomic E-state index is 0.00386. The molecular weight excluding hydrogens is 257 g/mol. The van der Waals surface area contributed by atoms with Gasteiger partial charge >= 0.3 is 0 Å². The van der Waals surface area contributed by atoms with Gasteiger partial charge in [0.2, 0.25) is 0 Å². The second-order valence-electron chi connectivity index (χ2n) is 4.66. The Morgan fingerprint density at radius 3 is 2.47 bits per heavy atom. The van der Waals surface area contributed by atoms with Crippen molar-refractivity contribution in [3.63, 3.8) is 0 Å². The number of benzene rings is 1. The second kappa shape index (κ2) is 4.87. The van der Waals surface area contributed by atoms with Crippen LogP contribution in [-0.4, -0.2) is 22.9 Å². The van der Waals surface area contributed by atoms with Crippen molar-refractivity contribution in [2.45, 2.75) is 38.8 Å². The van der Waals surface area contributed by atoms with E-state index in [1.165, 1.54) is 0 Å². The number of rotatable bonds is 3. The fourth-order valence-corrected chi connectivity index (χ4v) is 2.47. The Bertz CT molecular complexity index is 439. The van der Waals surface area contributed by atoms with Crippen molar-refractivity contribution in [2.75, 3.05) is 0 Å². The summed E-state index contributed by atoms with van der Waals surface area (Å²) < 4.78 is 0. The SMILES string of the molecule is CC(C)N(C(=O)c1ccc(Cl)cc1Cl)C1CC1. The van der Waals surface area contributed by atoms with Crippen LogP contribution in [0.4, 0.5) is 0 Å². The molecule has 0 saturated heterocycles. The van der Waals surface area contributed by atoms with Gasteiger partial charge in [-0.1, -0.05) is 23.2 Å². The largest absolute Gasteiger partial charge is 0.333 e. The molecule has 1 amide bonds. The van der Waals surface area contributed by atoms with Crippen LogP contribution in [0.5, 0.6) is 0 Å². The van der Waals surface area contributed by atoms with Crippen molar-refractivity contribution in [1.29, 1.82) is 0 Å². The van der Waals surface area contributed by atoms with E-state index >= 15 is 0 Å². The molecule has 0 heterocycles. The van der Waals surface area contributed by atoms with E-state index < -0.39 is 0 Å². The molecule has 1 aromatic carbocycles. The van der Waals surface area contributed by atoms with Gasteiger partial charge in [-0.15, -0.1) is 0 Å². The van der Waals surface area contributed by atoms with Crippen molar-refractivity contribution >= 4 is 29.1 Å². The fraction of sp³-hybridized carbons (Fsp3) is 0.462. The first-order valence-corrected chi connectivity index (χ1v) is 6.54. The molecule has 0 unspecified atom stereocenters. The number of hydrogen-bond donors (Lipinski definition) is 0. The molecule has 0 radical (unpaired) electrons. The predicted octanol–water partition coefficient (Wildman–Crippen LogP) is 4.01. The lowest BCUT2D eigenvalue weighted by molar-refractivity contribution is 0.0690. The molecule has 0 spiro atoms. The standard InChI is InChI=1S/C13H15Cl2NO/c1-8(2)16(10-4-5-10)13(17)11-6-3-9(14)7-12(11)15/h3,6-8,10H,4-5H2,1-2H3. The van der Waals surface area contributed by atoms with Gasteiger partial charge in [-0.25, -0.2) is 0 Å². The average Bonchev–Trinajstić information content (AvgIpc) is 3.01. The molecule has 0 bridgehead atoms. The van der Waals surface area contributed by atoms with Crippen molar-refractivity contribution in [2.24, 2.45) is 0 Å². The quantitative estimate of drug-likeness (QED) is 0.814. The Labute approximate surface area is 112 Å². The Morgan fingerprint density at radius 1 is 1.35 bits per heavy atom. The van der Waals surface area contributed by atoms with Gasteiger partial charge in [0.15, 0.2) is 0 Å². The minimum atomic E-state index is 0.00386. The van der Waals surface area contributed by atoms with E-state index in [1.807, 2.05) is 18.7 Å². The van der Waals surface area contributed by atoms with Crippen molar-refractivity contribution in [1.82, 2.24) is 4.90 Å². The summed E-state index contributed by atoms with van der Waals surface area (Å²) in [7, 11) is 0. The first-order chi connectivity index (χ1) is 8.00. The van der Waals surface area contributed by atoms with E-state index in [0.29, 0.717) is 21.7 Å². The van der Waals surface area contributed by atoms with E-state index in [1.54, 1.807) is 18.2 Å². The average molecular weight is 272 g/mol. The summed E-state index contributed by atoms with van der Waals surface area (Å²) in [6.45, 7) is 4.06. The summed E-state index contributed by atoms with van der Waals surface area (Å²) in [5, 5.41) is 0.975. The molecule has 92 valence electrons.